The number of aryl methyl sites for hydroxylation is 1. The summed E-state index contributed by atoms with van der Waals surface area (Å²) >= 11 is 0. The first-order chi connectivity index (χ1) is 12.6. The van der Waals surface area contributed by atoms with Gasteiger partial charge in [-0.25, -0.2) is 9.97 Å². The van der Waals surface area contributed by atoms with E-state index < -0.39 is 0 Å². The van der Waals surface area contributed by atoms with Gasteiger partial charge in [0.2, 0.25) is 11.7 Å². The number of anilines is 2. The molecule has 0 aliphatic rings. The van der Waals surface area contributed by atoms with E-state index in [1.165, 1.54) is 5.56 Å². The molecule has 0 spiro atoms. The summed E-state index contributed by atoms with van der Waals surface area (Å²) in [5, 5.41) is 3.21. The summed E-state index contributed by atoms with van der Waals surface area (Å²) in [5.41, 5.74) is 3.71. The van der Waals surface area contributed by atoms with Gasteiger partial charge in [0.25, 0.3) is 0 Å². The van der Waals surface area contributed by atoms with Crippen molar-refractivity contribution in [2.24, 2.45) is 0 Å². The average molecular weight is 351 g/mol. The predicted molar refractivity (Wildman–Crippen MR) is 102 cm³/mol. The highest BCUT2D eigenvalue weighted by molar-refractivity contribution is 5.69. The topological polar surface area (TPSA) is 65.5 Å². The van der Waals surface area contributed by atoms with Gasteiger partial charge in [-0.1, -0.05) is 17.7 Å². The normalized spacial score (nSPS) is 10.3. The van der Waals surface area contributed by atoms with Gasteiger partial charge in [0.1, 0.15) is 0 Å². The summed E-state index contributed by atoms with van der Waals surface area (Å²) < 4.78 is 16.2. The highest BCUT2D eigenvalue weighted by Gasteiger charge is 2.15. The van der Waals surface area contributed by atoms with E-state index in [1.807, 2.05) is 49.4 Å². The fourth-order valence-electron chi connectivity index (χ4n) is 2.57. The Labute approximate surface area is 152 Å². The minimum atomic E-state index is 0.514. The zero-order valence-electron chi connectivity index (χ0n) is 15.2. The first-order valence-corrected chi connectivity index (χ1v) is 8.11. The lowest BCUT2D eigenvalue weighted by molar-refractivity contribution is 0.324. The lowest BCUT2D eigenvalue weighted by Gasteiger charge is -2.14. The number of hydrogen-bond donors (Lipinski definition) is 1. The maximum Gasteiger partial charge on any atom is 0.227 e. The van der Waals surface area contributed by atoms with Crippen molar-refractivity contribution in [1.29, 1.82) is 0 Å². The van der Waals surface area contributed by atoms with Crippen LogP contribution in [-0.2, 0) is 0 Å². The number of ether oxygens (including phenoxy) is 3. The van der Waals surface area contributed by atoms with Gasteiger partial charge in [0.05, 0.1) is 27.0 Å². The molecule has 26 heavy (non-hydrogen) atoms. The summed E-state index contributed by atoms with van der Waals surface area (Å²) in [6, 6.07) is 13.6. The number of benzene rings is 2. The molecule has 0 saturated heterocycles. The second kappa shape index (κ2) is 7.74. The molecule has 0 aliphatic heterocycles. The van der Waals surface area contributed by atoms with Crippen LogP contribution in [0.3, 0.4) is 0 Å². The smallest absolute Gasteiger partial charge is 0.227 e. The molecule has 0 unspecified atom stereocenters. The van der Waals surface area contributed by atoms with Crippen molar-refractivity contribution in [1.82, 2.24) is 9.97 Å². The van der Waals surface area contributed by atoms with Crippen LogP contribution in [0.25, 0.3) is 11.3 Å². The summed E-state index contributed by atoms with van der Waals surface area (Å²) in [4.78, 5) is 8.88. The van der Waals surface area contributed by atoms with Crippen LogP contribution >= 0.6 is 0 Å². The summed E-state index contributed by atoms with van der Waals surface area (Å²) in [5.74, 6) is 2.22. The van der Waals surface area contributed by atoms with E-state index in [0.717, 1.165) is 16.9 Å². The number of aromatic nitrogens is 2. The van der Waals surface area contributed by atoms with Crippen molar-refractivity contribution in [3.8, 4) is 28.5 Å². The largest absolute Gasteiger partial charge is 0.493 e. The fourth-order valence-corrected chi connectivity index (χ4v) is 2.57. The Balaban J connectivity index is 1.96. The van der Waals surface area contributed by atoms with Crippen molar-refractivity contribution in [2.75, 3.05) is 26.6 Å². The van der Waals surface area contributed by atoms with Crippen LogP contribution in [0.5, 0.6) is 17.2 Å². The fraction of sp³-hybridized carbons (Fsp3) is 0.200. The van der Waals surface area contributed by atoms with Crippen LogP contribution in [0, 0.1) is 6.92 Å². The van der Waals surface area contributed by atoms with E-state index in [9.17, 15) is 0 Å². The van der Waals surface area contributed by atoms with E-state index in [0.29, 0.717) is 23.2 Å². The molecule has 6 heteroatoms. The van der Waals surface area contributed by atoms with E-state index in [-0.39, 0.29) is 0 Å². The second-order valence-electron chi connectivity index (χ2n) is 5.67. The second-order valence-corrected chi connectivity index (χ2v) is 5.67. The maximum atomic E-state index is 5.41. The zero-order chi connectivity index (χ0) is 18.5. The van der Waals surface area contributed by atoms with Crippen LogP contribution in [0.4, 0.5) is 11.6 Å². The van der Waals surface area contributed by atoms with Gasteiger partial charge < -0.3 is 19.5 Å². The number of methoxy groups -OCH3 is 3. The molecule has 0 radical (unpaired) electrons. The summed E-state index contributed by atoms with van der Waals surface area (Å²) in [7, 11) is 4.76. The van der Waals surface area contributed by atoms with Crippen molar-refractivity contribution in [3.63, 3.8) is 0 Å². The monoisotopic (exact) mass is 351 g/mol. The standard InChI is InChI=1S/C20H21N3O3/c1-13-5-7-15(8-6-13)22-20-21-10-9-16(23-20)14-11-17(24-2)19(26-4)18(12-14)25-3/h5-12H,1-4H3,(H,21,22,23). The molecule has 3 rings (SSSR count). The van der Waals surface area contributed by atoms with E-state index in [2.05, 4.69) is 15.3 Å². The summed E-state index contributed by atoms with van der Waals surface area (Å²) in [6.45, 7) is 2.05. The Kier molecular flexibility index (Phi) is 5.22. The molecule has 0 saturated carbocycles. The highest BCUT2D eigenvalue weighted by Crippen LogP contribution is 2.40. The third-order valence-corrected chi connectivity index (χ3v) is 3.92. The number of nitrogens with zero attached hydrogens (tertiary/aromatic N) is 2. The number of nitrogens with one attached hydrogen (secondary N) is 1. The quantitative estimate of drug-likeness (QED) is 0.717. The molecule has 2 aromatic carbocycles. The number of hydrogen-bond acceptors (Lipinski definition) is 6. The molecular weight excluding hydrogens is 330 g/mol. The Bertz CT molecular complexity index is 870. The van der Waals surface area contributed by atoms with E-state index in [1.54, 1.807) is 27.5 Å². The van der Waals surface area contributed by atoms with E-state index >= 15 is 0 Å². The number of rotatable bonds is 6. The lowest BCUT2D eigenvalue weighted by Crippen LogP contribution is -1.99. The molecule has 1 aromatic heterocycles. The molecular formula is C20H21N3O3. The van der Waals surface area contributed by atoms with Crippen LogP contribution in [0.2, 0.25) is 0 Å². The van der Waals surface area contributed by atoms with Gasteiger partial charge in [-0.15, -0.1) is 0 Å². The van der Waals surface area contributed by atoms with Gasteiger partial charge in [0.15, 0.2) is 11.5 Å². The molecule has 6 nitrogen and oxygen atoms in total. The molecule has 0 atom stereocenters. The lowest BCUT2D eigenvalue weighted by atomic mass is 10.1. The molecule has 0 bridgehead atoms. The van der Waals surface area contributed by atoms with Crippen LogP contribution in [0.1, 0.15) is 5.56 Å². The van der Waals surface area contributed by atoms with Gasteiger partial charge in [-0.2, -0.15) is 0 Å². The molecule has 0 fully saturated rings. The molecule has 134 valence electrons. The SMILES string of the molecule is COc1cc(-c2ccnc(Nc3ccc(C)cc3)n2)cc(OC)c1OC. The first kappa shape index (κ1) is 17.5. The molecule has 0 amide bonds. The third kappa shape index (κ3) is 3.69. The minimum absolute atomic E-state index is 0.514. The summed E-state index contributed by atoms with van der Waals surface area (Å²) in [6.07, 6.45) is 1.71. The van der Waals surface area contributed by atoms with Gasteiger partial charge in [-0.05, 0) is 37.3 Å². The van der Waals surface area contributed by atoms with Crippen molar-refractivity contribution in [3.05, 3.63) is 54.2 Å². The highest BCUT2D eigenvalue weighted by atomic mass is 16.5. The first-order valence-electron chi connectivity index (χ1n) is 8.11. The van der Waals surface area contributed by atoms with Crippen LogP contribution < -0.4 is 19.5 Å². The third-order valence-electron chi connectivity index (χ3n) is 3.92. The van der Waals surface area contributed by atoms with Crippen molar-refractivity contribution >= 4 is 11.6 Å². The van der Waals surface area contributed by atoms with Gasteiger partial charge in [-0.3, -0.25) is 0 Å². The molecule has 0 aliphatic carbocycles. The van der Waals surface area contributed by atoms with Crippen LogP contribution in [0.15, 0.2) is 48.7 Å². The maximum absolute atomic E-state index is 5.41. The Hall–Kier alpha value is -3.28. The molecule has 1 N–H and O–H groups in total. The van der Waals surface area contributed by atoms with Gasteiger partial charge in [0, 0.05) is 17.4 Å². The predicted octanol–water partition coefficient (Wildman–Crippen LogP) is 4.22. The van der Waals surface area contributed by atoms with Crippen molar-refractivity contribution < 1.29 is 14.2 Å². The molecule has 1 heterocycles. The van der Waals surface area contributed by atoms with Crippen LogP contribution in [-0.4, -0.2) is 31.3 Å². The van der Waals surface area contributed by atoms with Gasteiger partial charge >= 0.3 is 0 Å². The Morgan fingerprint density at radius 3 is 2.08 bits per heavy atom. The minimum Gasteiger partial charge on any atom is -0.493 e. The Morgan fingerprint density at radius 1 is 0.846 bits per heavy atom. The average Bonchev–Trinajstić information content (AvgIpc) is 2.68. The zero-order valence-corrected chi connectivity index (χ0v) is 15.2. The molecule has 3 aromatic rings. The Morgan fingerprint density at radius 2 is 1.50 bits per heavy atom. The van der Waals surface area contributed by atoms with E-state index in [4.69, 9.17) is 14.2 Å². The van der Waals surface area contributed by atoms with Crippen molar-refractivity contribution in [2.45, 2.75) is 6.92 Å².